The molecule has 0 aliphatic heterocycles. The number of hydrogen-bond acceptors (Lipinski definition) is 2. The summed E-state index contributed by atoms with van der Waals surface area (Å²) in [7, 11) is 3.72. The van der Waals surface area contributed by atoms with E-state index in [1.165, 1.54) is 5.56 Å². The Labute approximate surface area is 110 Å². The number of carbonyl (C=O) groups excluding carboxylic acids is 1. The van der Waals surface area contributed by atoms with E-state index < -0.39 is 0 Å². The minimum absolute atomic E-state index is 0. The molecule has 0 spiro atoms. The average Bonchev–Trinajstić information content (AvgIpc) is 2.29. The standard InChI is InChI=1S/C13H20N2O.ClH/c1-11-6-8-12(9-7-11)15(3)13(16)5-4-10-14-2;/h6-9,14H,4-5,10H2,1-3H3;1H. The molecule has 0 aromatic heterocycles. The predicted octanol–water partition coefficient (Wildman–Crippen LogP) is 2.38. The number of benzene rings is 1. The van der Waals surface area contributed by atoms with Crippen molar-refractivity contribution in [2.45, 2.75) is 19.8 Å². The Morgan fingerprint density at radius 3 is 2.41 bits per heavy atom. The zero-order valence-corrected chi connectivity index (χ0v) is 11.5. The minimum Gasteiger partial charge on any atom is -0.320 e. The third kappa shape index (κ3) is 5.20. The van der Waals surface area contributed by atoms with E-state index in [4.69, 9.17) is 0 Å². The maximum absolute atomic E-state index is 11.8. The molecule has 3 nitrogen and oxygen atoms in total. The first-order valence-electron chi connectivity index (χ1n) is 5.63. The molecule has 0 saturated carbocycles. The molecule has 0 saturated heterocycles. The zero-order valence-electron chi connectivity index (χ0n) is 10.7. The molecule has 1 rings (SSSR count). The number of halogens is 1. The van der Waals surface area contributed by atoms with Crippen LogP contribution in [0.15, 0.2) is 24.3 Å². The summed E-state index contributed by atoms with van der Waals surface area (Å²) in [6, 6.07) is 8.00. The van der Waals surface area contributed by atoms with Gasteiger partial charge in [-0.15, -0.1) is 12.4 Å². The Balaban J connectivity index is 0.00000256. The molecule has 96 valence electrons. The molecule has 1 amide bonds. The summed E-state index contributed by atoms with van der Waals surface area (Å²) in [5.74, 6) is 0.166. The molecule has 0 aliphatic carbocycles. The summed E-state index contributed by atoms with van der Waals surface area (Å²) < 4.78 is 0. The van der Waals surface area contributed by atoms with Crippen LogP contribution in [0.2, 0.25) is 0 Å². The summed E-state index contributed by atoms with van der Waals surface area (Å²) in [6.45, 7) is 2.92. The maximum Gasteiger partial charge on any atom is 0.226 e. The number of amides is 1. The van der Waals surface area contributed by atoms with Gasteiger partial charge in [-0.2, -0.15) is 0 Å². The molecule has 0 radical (unpaired) electrons. The second-order valence-corrected chi connectivity index (χ2v) is 4.00. The van der Waals surface area contributed by atoms with Crippen LogP contribution in [-0.2, 0) is 4.79 Å². The second-order valence-electron chi connectivity index (χ2n) is 4.00. The molecule has 1 N–H and O–H groups in total. The minimum atomic E-state index is 0. The van der Waals surface area contributed by atoms with Gasteiger partial charge in [0.15, 0.2) is 0 Å². The summed E-state index contributed by atoms with van der Waals surface area (Å²) >= 11 is 0. The number of rotatable bonds is 5. The molecule has 0 aliphatic rings. The van der Waals surface area contributed by atoms with E-state index in [-0.39, 0.29) is 18.3 Å². The van der Waals surface area contributed by atoms with Crippen molar-refractivity contribution in [3.05, 3.63) is 29.8 Å². The van der Waals surface area contributed by atoms with Crippen LogP contribution in [0.1, 0.15) is 18.4 Å². The van der Waals surface area contributed by atoms with Gasteiger partial charge in [-0.25, -0.2) is 0 Å². The summed E-state index contributed by atoms with van der Waals surface area (Å²) in [6.07, 6.45) is 1.47. The maximum atomic E-state index is 11.8. The van der Waals surface area contributed by atoms with Crippen LogP contribution < -0.4 is 10.2 Å². The highest BCUT2D eigenvalue weighted by Gasteiger charge is 2.09. The summed E-state index contributed by atoms with van der Waals surface area (Å²) in [5, 5.41) is 3.04. The van der Waals surface area contributed by atoms with Gasteiger partial charge in [-0.05, 0) is 39.1 Å². The Morgan fingerprint density at radius 2 is 1.88 bits per heavy atom. The first-order valence-corrected chi connectivity index (χ1v) is 5.63. The van der Waals surface area contributed by atoms with Crippen LogP contribution in [0.3, 0.4) is 0 Å². The van der Waals surface area contributed by atoms with Crippen molar-refractivity contribution in [1.29, 1.82) is 0 Å². The highest BCUT2D eigenvalue weighted by molar-refractivity contribution is 5.92. The molecular formula is C13H21ClN2O. The van der Waals surface area contributed by atoms with E-state index >= 15 is 0 Å². The first kappa shape index (κ1) is 15.9. The van der Waals surface area contributed by atoms with Gasteiger partial charge >= 0.3 is 0 Å². The van der Waals surface area contributed by atoms with Crippen molar-refractivity contribution in [3.8, 4) is 0 Å². The van der Waals surface area contributed by atoms with Crippen LogP contribution in [0.4, 0.5) is 5.69 Å². The normalized spacial score (nSPS) is 9.59. The Hall–Kier alpha value is -1.06. The number of nitrogens with zero attached hydrogens (tertiary/aromatic N) is 1. The molecule has 0 bridgehead atoms. The van der Waals surface area contributed by atoms with Gasteiger partial charge in [0.1, 0.15) is 0 Å². The molecule has 0 fully saturated rings. The van der Waals surface area contributed by atoms with Crippen molar-refractivity contribution in [3.63, 3.8) is 0 Å². The quantitative estimate of drug-likeness (QED) is 0.821. The number of carbonyl (C=O) groups is 1. The lowest BCUT2D eigenvalue weighted by Gasteiger charge is -2.17. The summed E-state index contributed by atoms with van der Waals surface area (Å²) in [4.78, 5) is 13.5. The van der Waals surface area contributed by atoms with Crippen molar-refractivity contribution in [1.82, 2.24) is 5.32 Å². The van der Waals surface area contributed by atoms with E-state index in [1.807, 2.05) is 45.3 Å². The lowest BCUT2D eigenvalue weighted by Crippen LogP contribution is -2.26. The molecular weight excluding hydrogens is 236 g/mol. The van der Waals surface area contributed by atoms with Crippen LogP contribution in [0.5, 0.6) is 0 Å². The van der Waals surface area contributed by atoms with Crippen molar-refractivity contribution < 1.29 is 4.79 Å². The van der Waals surface area contributed by atoms with Crippen LogP contribution in [-0.4, -0.2) is 26.5 Å². The second kappa shape index (κ2) is 8.09. The van der Waals surface area contributed by atoms with Crippen LogP contribution in [0, 0.1) is 6.92 Å². The predicted molar refractivity (Wildman–Crippen MR) is 75.0 cm³/mol. The van der Waals surface area contributed by atoms with E-state index in [2.05, 4.69) is 5.32 Å². The third-order valence-corrected chi connectivity index (χ3v) is 2.61. The van der Waals surface area contributed by atoms with Gasteiger partial charge in [0, 0.05) is 19.2 Å². The van der Waals surface area contributed by atoms with E-state index in [0.29, 0.717) is 6.42 Å². The van der Waals surface area contributed by atoms with Gasteiger partial charge < -0.3 is 10.2 Å². The SMILES string of the molecule is CNCCCC(=O)N(C)c1ccc(C)cc1.Cl. The molecule has 1 aromatic carbocycles. The molecule has 0 atom stereocenters. The van der Waals surface area contributed by atoms with Gasteiger partial charge in [0.25, 0.3) is 0 Å². The lowest BCUT2D eigenvalue weighted by atomic mass is 10.2. The third-order valence-electron chi connectivity index (χ3n) is 2.61. The Morgan fingerprint density at radius 1 is 1.29 bits per heavy atom. The topological polar surface area (TPSA) is 32.3 Å². The van der Waals surface area contributed by atoms with E-state index in [1.54, 1.807) is 4.90 Å². The summed E-state index contributed by atoms with van der Waals surface area (Å²) in [5.41, 5.74) is 2.17. The van der Waals surface area contributed by atoms with Gasteiger partial charge in [-0.1, -0.05) is 17.7 Å². The highest BCUT2D eigenvalue weighted by Crippen LogP contribution is 2.14. The smallest absolute Gasteiger partial charge is 0.226 e. The van der Waals surface area contributed by atoms with Gasteiger partial charge in [0.05, 0.1) is 0 Å². The fourth-order valence-electron chi connectivity index (χ4n) is 1.50. The number of aryl methyl sites for hydroxylation is 1. The molecule has 17 heavy (non-hydrogen) atoms. The van der Waals surface area contributed by atoms with Crippen molar-refractivity contribution >= 4 is 24.0 Å². The van der Waals surface area contributed by atoms with Crippen LogP contribution in [0.25, 0.3) is 0 Å². The fourth-order valence-corrected chi connectivity index (χ4v) is 1.50. The highest BCUT2D eigenvalue weighted by atomic mass is 35.5. The average molecular weight is 257 g/mol. The van der Waals surface area contributed by atoms with Crippen molar-refractivity contribution in [2.75, 3.05) is 25.5 Å². The number of hydrogen-bond donors (Lipinski definition) is 1. The Bertz CT molecular complexity index is 338. The lowest BCUT2D eigenvalue weighted by molar-refractivity contribution is -0.118. The van der Waals surface area contributed by atoms with Gasteiger partial charge in [0.2, 0.25) is 5.91 Å². The van der Waals surface area contributed by atoms with Crippen molar-refractivity contribution in [2.24, 2.45) is 0 Å². The van der Waals surface area contributed by atoms with E-state index in [0.717, 1.165) is 18.7 Å². The molecule has 1 aromatic rings. The van der Waals surface area contributed by atoms with Crippen LogP contribution >= 0.6 is 12.4 Å². The zero-order chi connectivity index (χ0) is 12.0. The monoisotopic (exact) mass is 256 g/mol. The number of anilines is 1. The molecule has 4 heteroatoms. The first-order chi connectivity index (χ1) is 7.65. The van der Waals surface area contributed by atoms with E-state index in [9.17, 15) is 4.79 Å². The largest absolute Gasteiger partial charge is 0.320 e. The number of nitrogens with one attached hydrogen (secondary N) is 1. The molecule has 0 unspecified atom stereocenters. The van der Waals surface area contributed by atoms with Gasteiger partial charge in [-0.3, -0.25) is 4.79 Å². The Kier molecular flexibility index (Phi) is 7.59. The fraction of sp³-hybridized carbons (Fsp3) is 0.462. The molecule has 0 heterocycles.